The molecule has 0 radical (unpaired) electrons. The van der Waals surface area contributed by atoms with E-state index in [4.69, 9.17) is 10.5 Å². The van der Waals surface area contributed by atoms with Crippen molar-refractivity contribution in [3.8, 4) is 5.75 Å². The number of carbonyl (C=O) groups excluding carboxylic acids is 3. The van der Waals surface area contributed by atoms with E-state index in [2.05, 4.69) is 10.6 Å². The van der Waals surface area contributed by atoms with Crippen molar-refractivity contribution in [1.82, 2.24) is 10.6 Å². The minimum Gasteiger partial charge on any atom is -0.497 e. The second-order valence-electron chi connectivity index (χ2n) is 5.62. The van der Waals surface area contributed by atoms with Crippen LogP contribution in [0.15, 0.2) is 54.6 Å². The molecule has 7 nitrogen and oxygen atoms in total. The van der Waals surface area contributed by atoms with E-state index in [0.717, 1.165) is 5.56 Å². The SMILES string of the molecule is COc1ccc(C[C@@H](NC(=O)CNC(=O)c2ccccc2)C(N)=O)cc1. The third kappa shape index (κ3) is 5.62. The van der Waals surface area contributed by atoms with Crippen LogP contribution in [-0.4, -0.2) is 37.4 Å². The second kappa shape index (κ2) is 9.22. The van der Waals surface area contributed by atoms with Crippen LogP contribution in [0.25, 0.3) is 0 Å². The Kier molecular flexibility index (Phi) is 6.73. The van der Waals surface area contributed by atoms with Crippen LogP contribution in [0, 0.1) is 0 Å². The minimum absolute atomic E-state index is 0.248. The smallest absolute Gasteiger partial charge is 0.251 e. The summed E-state index contributed by atoms with van der Waals surface area (Å²) in [5, 5.41) is 5.04. The van der Waals surface area contributed by atoms with Gasteiger partial charge in [0.15, 0.2) is 0 Å². The van der Waals surface area contributed by atoms with Gasteiger partial charge in [0.05, 0.1) is 13.7 Å². The van der Waals surface area contributed by atoms with Crippen LogP contribution < -0.4 is 21.1 Å². The van der Waals surface area contributed by atoms with Gasteiger partial charge in [-0.1, -0.05) is 30.3 Å². The van der Waals surface area contributed by atoms with Crippen LogP contribution in [0.2, 0.25) is 0 Å². The zero-order chi connectivity index (χ0) is 18.9. The van der Waals surface area contributed by atoms with Crippen LogP contribution in [-0.2, 0) is 16.0 Å². The summed E-state index contributed by atoms with van der Waals surface area (Å²) in [5.74, 6) is -0.821. The van der Waals surface area contributed by atoms with Crippen LogP contribution in [0.4, 0.5) is 0 Å². The van der Waals surface area contributed by atoms with E-state index in [1.807, 2.05) is 0 Å². The number of carbonyl (C=O) groups is 3. The molecule has 2 aromatic rings. The zero-order valence-electron chi connectivity index (χ0n) is 14.4. The lowest BCUT2D eigenvalue weighted by atomic mass is 10.1. The van der Waals surface area contributed by atoms with Gasteiger partial charge in [0.25, 0.3) is 5.91 Å². The highest BCUT2D eigenvalue weighted by Gasteiger charge is 2.19. The fourth-order valence-corrected chi connectivity index (χ4v) is 2.32. The Morgan fingerprint density at radius 3 is 2.27 bits per heavy atom. The minimum atomic E-state index is -0.871. The normalized spacial score (nSPS) is 11.3. The summed E-state index contributed by atoms with van der Waals surface area (Å²) in [6.45, 7) is -0.250. The quantitative estimate of drug-likeness (QED) is 0.645. The molecule has 0 unspecified atom stereocenters. The summed E-state index contributed by atoms with van der Waals surface area (Å²) in [7, 11) is 1.56. The molecule has 136 valence electrons. The molecular formula is C19H21N3O4. The maximum absolute atomic E-state index is 12.0. The van der Waals surface area contributed by atoms with Gasteiger partial charge in [-0.3, -0.25) is 14.4 Å². The highest BCUT2D eigenvalue weighted by molar-refractivity contribution is 5.97. The first-order chi connectivity index (χ1) is 12.5. The third-order valence-electron chi connectivity index (χ3n) is 3.72. The number of rotatable bonds is 8. The number of hydrogen-bond donors (Lipinski definition) is 3. The van der Waals surface area contributed by atoms with Gasteiger partial charge in [-0.2, -0.15) is 0 Å². The van der Waals surface area contributed by atoms with Gasteiger partial charge in [-0.15, -0.1) is 0 Å². The fraction of sp³-hybridized carbons (Fsp3) is 0.211. The van der Waals surface area contributed by atoms with Crippen molar-refractivity contribution in [2.24, 2.45) is 5.73 Å². The number of benzene rings is 2. The number of methoxy groups -OCH3 is 1. The number of amides is 3. The van der Waals surface area contributed by atoms with Gasteiger partial charge in [0.2, 0.25) is 11.8 Å². The molecule has 3 amide bonds. The standard InChI is InChI=1S/C19H21N3O4/c1-26-15-9-7-13(8-10-15)11-16(18(20)24)22-17(23)12-21-19(25)14-5-3-2-4-6-14/h2-10,16H,11-12H2,1H3,(H2,20,24)(H,21,25)(H,22,23)/t16-/m1/s1. The number of ether oxygens (including phenoxy) is 1. The largest absolute Gasteiger partial charge is 0.497 e. The summed E-state index contributed by atoms with van der Waals surface area (Å²) >= 11 is 0. The lowest BCUT2D eigenvalue weighted by Crippen LogP contribution is -2.49. The molecule has 0 heterocycles. The number of primary amides is 1. The lowest BCUT2D eigenvalue weighted by molar-refractivity contribution is -0.126. The monoisotopic (exact) mass is 355 g/mol. The van der Waals surface area contributed by atoms with Crippen molar-refractivity contribution in [2.45, 2.75) is 12.5 Å². The number of nitrogens with one attached hydrogen (secondary N) is 2. The Morgan fingerprint density at radius 1 is 1.04 bits per heavy atom. The van der Waals surface area contributed by atoms with Crippen LogP contribution in [0.5, 0.6) is 5.75 Å². The molecule has 26 heavy (non-hydrogen) atoms. The van der Waals surface area contributed by atoms with Crippen LogP contribution in [0.3, 0.4) is 0 Å². The fourth-order valence-electron chi connectivity index (χ4n) is 2.32. The van der Waals surface area contributed by atoms with E-state index < -0.39 is 17.9 Å². The third-order valence-corrected chi connectivity index (χ3v) is 3.72. The van der Waals surface area contributed by atoms with Crippen molar-refractivity contribution in [2.75, 3.05) is 13.7 Å². The van der Waals surface area contributed by atoms with Crippen molar-refractivity contribution >= 4 is 17.7 Å². The van der Waals surface area contributed by atoms with E-state index >= 15 is 0 Å². The average molecular weight is 355 g/mol. The topological polar surface area (TPSA) is 111 Å². The Balaban J connectivity index is 1.88. The summed E-state index contributed by atoms with van der Waals surface area (Å²) < 4.78 is 5.08. The van der Waals surface area contributed by atoms with Crippen LogP contribution in [0.1, 0.15) is 15.9 Å². The Morgan fingerprint density at radius 2 is 1.69 bits per heavy atom. The maximum Gasteiger partial charge on any atom is 0.251 e. The Labute approximate surface area is 151 Å². The van der Waals surface area contributed by atoms with E-state index in [1.54, 1.807) is 61.7 Å². The van der Waals surface area contributed by atoms with E-state index in [9.17, 15) is 14.4 Å². The summed E-state index contributed by atoms with van der Waals surface area (Å²) in [4.78, 5) is 35.6. The Hall–Kier alpha value is -3.35. The molecule has 0 aliphatic carbocycles. The summed E-state index contributed by atoms with van der Waals surface area (Å²) in [6, 6.07) is 14.8. The molecule has 0 fully saturated rings. The molecule has 0 saturated heterocycles. The van der Waals surface area contributed by atoms with Crippen molar-refractivity contribution in [1.29, 1.82) is 0 Å². The van der Waals surface area contributed by atoms with Crippen molar-refractivity contribution in [3.63, 3.8) is 0 Å². The predicted octanol–water partition coefficient (Wildman–Crippen LogP) is 0.638. The van der Waals surface area contributed by atoms with E-state index in [1.165, 1.54) is 0 Å². The van der Waals surface area contributed by atoms with Crippen molar-refractivity contribution < 1.29 is 19.1 Å². The summed E-state index contributed by atoms with van der Waals surface area (Å²) in [6.07, 6.45) is 0.248. The molecular weight excluding hydrogens is 334 g/mol. The van der Waals surface area contributed by atoms with Crippen LogP contribution >= 0.6 is 0 Å². The molecule has 4 N–H and O–H groups in total. The van der Waals surface area contributed by atoms with Gasteiger partial charge in [0.1, 0.15) is 11.8 Å². The molecule has 1 atom stereocenters. The Bertz CT molecular complexity index is 760. The molecule has 0 aliphatic rings. The second-order valence-corrected chi connectivity index (χ2v) is 5.62. The van der Waals surface area contributed by atoms with E-state index in [0.29, 0.717) is 11.3 Å². The van der Waals surface area contributed by atoms with Gasteiger partial charge < -0.3 is 21.1 Å². The highest BCUT2D eigenvalue weighted by atomic mass is 16.5. The van der Waals surface area contributed by atoms with Gasteiger partial charge in [0, 0.05) is 12.0 Å². The molecule has 0 saturated carbocycles. The first kappa shape index (κ1) is 19.0. The molecule has 7 heteroatoms. The van der Waals surface area contributed by atoms with Gasteiger partial charge in [-0.25, -0.2) is 0 Å². The molecule has 2 aromatic carbocycles. The lowest BCUT2D eigenvalue weighted by Gasteiger charge is -2.16. The van der Waals surface area contributed by atoms with E-state index in [-0.39, 0.29) is 18.9 Å². The maximum atomic E-state index is 12.0. The first-order valence-corrected chi connectivity index (χ1v) is 8.04. The molecule has 0 bridgehead atoms. The first-order valence-electron chi connectivity index (χ1n) is 8.04. The summed E-state index contributed by atoms with van der Waals surface area (Å²) in [5.41, 5.74) is 6.64. The van der Waals surface area contributed by atoms with Gasteiger partial charge >= 0.3 is 0 Å². The number of nitrogens with two attached hydrogens (primary N) is 1. The average Bonchev–Trinajstić information content (AvgIpc) is 2.66. The zero-order valence-corrected chi connectivity index (χ0v) is 14.4. The predicted molar refractivity (Wildman–Crippen MR) is 96.6 cm³/mol. The van der Waals surface area contributed by atoms with Crippen molar-refractivity contribution in [3.05, 3.63) is 65.7 Å². The molecule has 0 aromatic heterocycles. The van der Waals surface area contributed by atoms with Gasteiger partial charge in [-0.05, 0) is 29.8 Å². The highest BCUT2D eigenvalue weighted by Crippen LogP contribution is 2.12. The molecule has 2 rings (SSSR count). The number of hydrogen-bond acceptors (Lipinski definition) is 4. The molecule has 0 aliphatic heterocycles. The molecule has 0 spiro atoms.